The van der Waals surface area contributed by atoms with Gasteiger partial charge in [0.2, 0.25) is 0 Å². The highest BCUT2D eigenvalue weighted by Gasteiger charge is 1.82. The summed E-state index contributed by atoms with van der Waals surface area (Å²) in [5, 5.41) is 8.60. The zero-order chi connectivity index (χ0) is 9.94. The molecule has 0 aliphatic carbocycles. The predicted molar refractivity (Wildman–Crippen MR) is 58.6 cm³/mol. The van der Waals surface area contributed by atoms with Crippen LogP contribution in [0.25, 0.3) is 0 Å². The number of aliphatic hydroxyl groups is 1. The highest BCUT2D eigenvalue weighted by atomic mass is 16.2. The minimum absolute atomic E-state index is 0.148. The monoisotopic (exact) mass is 180 g/mol. The zero-order valence-corrected chi connectivity index (χ0v) is 8.66. The molecule has 0 spiro atoms. The summed E-state index contributed by atoms with van der Waals surface area (Å²) >= 11 is 0. The summed E-state index contributed by atoms with van der Waals surface area (Å²) in [4.78, 5) is 0. The molecule has 0 aliphatic rings. The van der Waals surface area contributed by atoms with Crippen LogP contribution < -0.4 is 0 Å². The van der Waals surface area contributed by atoms with Crippen LogP contribution in [0.2, 0.25) is 0 Å². The zero-order valence-electron chi connectivity index (χ0n) is 8.66. The first-order valence-electron chi connectivity index (χ1n) is 4.87. The SMILES string of the molecule is CC/C=C\C/C=C\C/C(C)=C/CO. The van der Waals surface area contributed by atoms with Crippen molar-refractivity contribution in [3.63, 3.8) is 0 Å². The Morgan fingerprint density at radius 1 is 1.15 bits per heavy atom. The molecule has 0 radical (unpaired) electrons. The predicted octanol–water partition coefficient (Wildman–Crippen LogP) is 3.23. The Balaban J connectivity index is 3.51. The lowest BCUT2D eigenvalue weighted by Gasteiger charge is -1.92. The second-order valence-electron chi connectivity index (χ2n) is 3.02. The van der Waals surface area contributed by atoms with Crippen molar-refractivity contribution in [2.75, 3.05) is 6.61 Å². The molecule has 0 unspecified atom stereocenters. The molecule has 0 heterocycles. The van der Waals surface area contributed by atoms with E-state index in [4.69, 9.17) is 5.11 Å². The van der Waals surface area contributed by atoms with E-state index in [2.05, 4.69) is 31.2 Å². The molecule has 0 amide bonds. The van der Waals surface area contributed by atoms with E-state index in [1.807, 2.05) is 13.0 Å². The maximum absolute atomic E-state index is 8.60. The molecule has 0 aromatic heterocycles. The molecule has 1 nitrogen and oxygen atoms in total. The summed E-state index contributed by atoms with van der Waals surface area (Å²) in [6, 6.07) is 0. The molecule has 1 heteroatoms. The average Bonchev–Trinajstić information content (AvgIpc) is 2.11. The van der Waals surface area contributed by atoms with Gasteiger partial charge in [0.05, 0.1) is 6.61 Å². The van der Waals surface area contributed by atoms with Gasteiger partial charge in [0.15, 0.2) is 0 Å². The molecule has 0 saturated heterocycles. The van der Waals surface area contributed by atoms with Gasteiger partial charge < -0.3 is 5.11 Å². The van der Waals surface area contributed by atoms with E-state index < -0.39 is 0 Å². The van der Waals surface area contributed by atoms with Gasteiger partial charge in [0, 0.05) is 0 Å². The van der Waals surface area contributed by atoms with Crippen molar-refractivity contribution >= 4 is 0 Å². The van der Waals surface area contributed by atoms with Gasteiger partial charge in [0.1, 0.15) is 0 Å². The Morgan fingerprint density at radius 3 is 2.46 bits per heavy atom. The summed E-state index contributed by atoms with van der Waals surface area (Å²) in [5.74, 6) is 0. The minimum Gasteiger partial charge on any atom is -0.392 e. The summed E-state index contributed by atoms with van der Waals surface area (Å²) in [6.07, 6.45) is 13.5. The van der Waals surface area contributed by atoms with Gasteiger partial charge in [-0.05, 0) is 26.2 Å². The second kappa shape index (κ2) is 9.27. The van der Waals surface area contributed by atoms with Crippen LogP contribution >= 0.6 is 0 Å². The fourth-order valence-electron chi connectivity index (χ4n) is 0.946. The molecule has 0 atom stereocenters. The number of aliphatic hydroxyl groups excluding tert-OH is 1. The van der Waals surface area contributed by atoms with E-state index in [0.717, 1.165) is 19.3 Å². The van der Waals surface area contributed by atoms with Gasteiger partial charge in [-0.1, -0.05) is 42.9 Å². The van der Waals surface area contributed by atoms with E-state index >= 15 is 0 Å². The van der Waals surface area contributed by atoms with Crippen molar-refractivity contribution < 1.29 is 5.11 Å². The van der Waals surface area contributed by atoms with Crippen molar-refractivity contribution in [2.45, 2.75) is 33.1 Å². The summed E-state index contributed by atoms with van der Waals surface area (Å²) in [5.41, 5.74) is 1.22. The van der Waals surface area contributed by atoms with E-state index in [0.29, 0.717) is 0 Å². The van der Waals surface area contributed by atoms with Crippen molar-refractivity contribution in [2.24, 2.45) is 0 Å². The molecule has 74 valence electrons. The third kappa shape index (κ3) is 9.09. The van der Waals surface area contributed by atoms with Crippen molar-refractivity contribution in [3.8, 4) is 0 Å². The Morgan fingerprint density at radius 2 is 1.85 bits per heavy atom. The number of allylic oxidation sites excluding steroid dienone is 5. The Bertz CT molecular complexity index is 187. The van der Waals surface area contributed by atoms with E-state index in [1.54, 1.807) is 0 Å². The maximum Gasteiger partial charge on any atom is 0.0615 e. The van der Waals surface area contributed by atoms with E-state index in [1.165, 1.54) is 5.57 Å². The van der Waals surface area contributed by atoms with Crippen LogP contribution in [0.3, 0.4) is 0 Å². The van der Waals surface area contributed by atoms with Gasteiger partial charge in [0.25, 0.3) is 0 Å². The first-order chi connectivity index (χ1) is 6.31. The van der Waals surface area contributed by atoms with Crippen LogP contribution in [0.4, 0.5) is 0 Å². The largest absolute Gasteiger partial charge is 0.392 e. The number of hydrogen-bond donors (Lipinski definition) is 1. The molecule has 0 bridgehead atoms. The number of hydrogen-bond acceptors (Lipinski definition) is 1. The van der Waals surface area contributed by atoms with Gasteiger partial charge in [-0.2, -0.15) is 0 Å². The third-order valence-electron chi connectivity index (χ3n) is 1.72. The molecular formula is C12H20O. The fraction of sp³-hybridized carbons (Fsp3) is 0.500. The van der Waals surface area contributed by atoms with E-state index in [9.17, 15) is 0 Å². The van der Waals surface area contributed by atoms with Gasteiger partial charge >= 0.3 is 0 Å². The highest BCUT2D eigenvalue weighted by molar-refractivity contribution is 5.05. The minimum atomic E-state index is 0.148. The van der Waals surface area contributed by atoms with E-state index in [-0.39, 0.29) is 6.61 Å². The quantitative estimate of drug-likeness (QED) is 0.622. The summed E-state index contributed by atoms with van der Waals surface area (Å²) in [7, 11) is 0. The lowest BCUT2D eigenvalue weighted by Crippen LogP contribution is -1.77. The van der Waals surface area contributed by atoms with Crippen LogP contribution in [0.15, 0.2) is 36.0 Å². The first-order valence-corrected chi connectivity index (χ1v) is 4.87. The van der Waals surface area contributed by atoms with Crippen molar-refractivity contribution in [1.82, 2.24) is 0 Å². The first kappa shape index (κ1) is 12.2. The number of rotatable bonds is 6. The highest BCUT2D eigenvalue weighted by Crippen LogP contribution is 2.00. The summed E-state index contributed by atoms with van der Waals surface area (Å²) < 4.78 is 0. The topological polar surface area (TPSA) is 20.2 Å². The molecule has 13 heavy (non-hydrogen) atoms. The Labute approximate surface area is 81.5 Å². The molecule has 0 aromatic rings. The van der Waals surface area contributed by atoms with Gasteiger partial charge in [-0.3, -0.25) is 0 Å². The lowest BCUT2D eigenvalue weighted by atomic mass is 10.2. The molecule has 0 aromatic carbocycles. The van der Waals surface area contributed by atoms with Crippen molar-refractivity contribution in [1.29, 1.82) is 0 Å². The standard InChI is InChI=1S/C12H20O/c1-3-4-5-6-7-8-9-12(2)10-11-13/h4-5,7-8,10,13H,3,6,9,11H2,1-2H3/b5-4-,8-7-,12-10+. The van der Waals surface area contributed by atoms with Crippen molar-refractivity contribution in [3.05, 3.63) is 36.0 Å². The van der Waals surface area contributed by atoms with Crippen LogP contribution in [0.5, 0.6) is 0 Å². The van der Waals surface area contributed by atoms with Crippen LogP contribution in [-0.2, 0) is 0 Å². The molecule has 1 N–H and O–H groups in total. The molecule has 0 rings (SSSR count). The molecule has 0 aliphatic heterocycles. The third-order valence-corrected chi connectivity index (χ3v) is 1.72. The lowest BCUT2D eigenvalue weighted by molar-refractivity contribution is 0.341. The maximum atomic E-state index is 8.60. The second-order valence-corrected chi connectivity index (χ2v) is 3.02. The average molecular weight is 180 g/mol. The Kier molecular flexibility index (Phi) is 8.68. The molecular weight excluding hydrogens is 160 g/mol. The van der Waals surface area contributed by atoms with Gasteiger partial charge in [-0.15, -0.1) is 0 Å². The van der Waals surface area contributed by atoms with Crippen LogP contribution in [0.1, 0.15) is 33.1 Å². The van der Waals surface area contributed by atoms with Crippen LogP contribution in [-0.4, -0.2) is 11.7 Å². The normalized spacial score (nSPS) is 13.3. The fourth-order valence-corrected chi connectivity index (χ4v) is 0.946. The van der Waals surface area contributed by atoms with Gasteiger partial charge in [-0.25, -0.2) is 0 Å². The molecule has 0 saturated carbocycles. The molecule has 0 fully saturated rings. The summed E-state index contributed by atoms with van der Waals surface area (Å²) in [6.45, 7) is 4.31. The Hall–Kier alpha value is -0.820. The van der Waals surface area contributed by atoms with Crippen LogP contribution in [0, 0.1) is 0 Å². The smallest absolute Gasteiger partial charge is 0.0615 e.